The van der Waals surface area contributed by atoms with Crippen molar-refractivity contribution >= 4 is 17.7 Å². The predicted molar refractivity (Wildman–Crippen MR) is 101 cm³/mol. The minimum atomic E-state index is -0.580. The first kappa shape index (κ1) is 19.9. The summed E-state index contributed by atoms with van der Waals surface area (Å²) in [5, 5.41) is 5.83. The molecule has 1 aliphatic heterocycles. The zero-order chi connectivity index (χ0) is 19.1. The van der Waals surface area contributed by atoms with Crippen molar-refractivity contribution in [2.75, 3.05) is 19.6 Å². The van der Waals surface area contributed by atoms with Crippen molar-refractivity contribution < 1.29 is 14.4 Å². The third-order valence-corrected chi connectivity index (χ3v) is 4.85. The van der Waals surface area contributed by atoms with Crippen molar-refractivity contribution in [1.29, 1.82) is 0 Å². The molecule has 1 saturated heterocycles. The van der Waals surface area contributed by atoms with Crippen molar-refractivity contribution in [2.45, 2.75) is 46.1 Å². The van der Waals surface area contributed by atoms with E-state index >= 15 is 0 Å². The Morgan fingerprint density at radius 2 is 1.92 bits per heavy atom. The highest BCUT2D eigenvalue weighted by Gasteiger charge is 2.33. The molecule has 0 saturated carbocycles. The average Bonchev–Trinajstić information content (AvgIpc) is 2.64. The van der Waals surface area contributed by atoms with Gasteiger partial charge in [0.05, 0.1) is 0 Å². The van der Waals surface area contributed by atoms with Crippen LogP contribution in [0.4, 0.5) is 0 Å². The number of hydrogen-bond acceptors (Lipinski definition) is 3. The Balaban J connectivity index is 2.09. The number of aryl methyl sites for hydroxylation is 1. The molecular formula is C20H29N3O3. The van der Waals surface area contributed by atoms with Gasteiger partial charge in [-0.3, -0.25) is 14.4 Å². The van der Waals surface area contributed by atoms with Crippen LogP contribution in [0.5, 0.6) is 0 Å². The molecule has 2 N–H and O–H groups in total. The molecule has 1 atom stereocenters. The molecule has 142 valence electrons. The van der Waals surface area contributed by atoms with Gasteiger partial charge in [0.25, 0.3) is 5.91 Å². The Morgan fingerprint density at radius 3 is 2.50 bits per heavy atom. The molecule has 6 nitrogen and oxygen atoms in total. The molecule has 1 fully saturated rings. The summed E-state index contributed by atoms with van der Waals surface area (Å²) in [4.78, 5) is 38.6. The van der Waals surface area contributed by atoms with Crippen molar-refractivity contribution in [2.24, 2.45) is 5.92 Å². The van der Waals surface area contributed by atoms with E-state index in [1.807, 2.05) is 32.0 Å². The van der Waals surface area contributed by atoms with E-state index in [1.54, 1.807) is 17.9 Å². The lowest BCUT2D eigenvalue weighted by Crippen LogP contribution is -2.53. The van der Waals surface area contributed by atoms with E-state index in [9.17, 15) is 14.4 Å². The number of benzene rings is 1. The van der Waals surface area contributed by atoms with Crippen molar-refractivity contribution in [1.82, 2.24) is 15.5 Å². The summed E-state index contributed by atoms with van der Waals surface area (Å²) in [6.45, 7) is 7.31. The third-order valence-electron chi connectivity index (χ3n) is 4.85. The Morgan fingerprint density at radius 1 is 1.23 bits per heavy atom. The predicted octanol–water partition coefficient (Wildman–Crippen LogP) is 1.88. The van der Waals surface area contributed by atoms with Gasteiger partial charge < -0.3 is 15.5 Å². The smallest absolute Gasteiger partial charge is 0.251 e. The molecule has 26 heavy (non-hydrogen) atoms. The molecule has 3 amide bonds. The number of nitrogens with zero attached hydrogens (tertiary/aromatic N) is 1. The van der Waals surface area contributed by atoms with E-state index in [1.165, 1.54) is 0 Å². The number of nitrogens with one attached hydrogen (secondary N) is 2. The monoisotopic (exact) mass is 359 g/mol. The van der Waals surface area contributed by atoms with E-state index in [0.29, 0.717) is 38.0 Å². The Bertz CT molecular complexity index is 651. The molecule has 2 rings (SSSR count). The normalized spacial score (nSPS) is 16.0. The van der Waals surface area contributed by atoms with Gasteiger partial charge in [-0.05, 0) is 44.2 Å². The Kier molecular flexibility index (Phi) is 7.18. The molecule has 1 aromatic carbocycles. The maximum Gasteiger partial charge on any atom is 0.251 e. The van der Waals surface area contributed by atoms with Gasteiger partial charge in [-0.1, -0.05) is 24.6 Å². The first-order chi connectivity index (χ1) is 12.4. The summed E-state index contributed by atoms with van der Waals surface area (Å²) in [5.74, 6) is -0.302. The van der Waals surface area contributed by atoms with Crippen LogP contribution in [-0.4, -0.2) is 48.3 Å². The maximum atomic E-state index is 12.6. The van der Waals surface area contributed by atoms with Crippen LogP contribution in [0.15, 0.2) is 24.3 Å². The highest BCUT2D eigenvalue weighted by Crippen LogP contribution is 2.21. The zero-order valence-corrected chi connectivity index (χ0v) is 15.9. The summed E-state index contributed by atoms with van der Waals surface area (Å²) in [7, 11) is 0. The number of piperidine rings is 1. The Hall–Kier alpha value is -2.37. The fraction of sp³-hybridized carbons (Fsp3) is 0.550. The van der Waals surface area contributed by atoms with Crippen LogP contribution in [0, 0.1) is 12.8 Å². The van der Waals surface area contributed by atoms with Gasteiger partial charge in [-0.15, -0.1) is 0 Å². The zero-order valence-electron chi connectivity index (χ0n) is 15.9. The van der Waals surface area contributed by atoms with E-state index in [4.69, 9.17) is 0 Å². The standard InChI is InChI=1S/C20H29N3O3/c1-4-10-21-20(26)18(16-8-11-23(12-9-16)15(3)24)22-19(25)17-7-5-6-14(2)13-17/h5-7,13,16,18H,4,8-12H2,1-3H3,(H,21,26)(H,22,25)/t18-/m1/s1. The lowest BCUT2D eigenvalue weighted by Gasteiger charge is -2.35. The highest BCUT2D eigenvalue weighted by molar-refractivity contribution is 5.97. The number of amides is 3. The third kappa shape index (κ3) is 5.31. The second kappa shape index (κ2) is 9.36. The van der Waals surface area contributed by atoms with Gasteiger partial charge in [-0.2, -0.15) is 0 Å². The molecule has 1 heterocycles. The van der Waals surface area contributed by atoms with Crippen molar-refractivity contribution in [3.63, 3.8) is 0 Å². The van der Waals surface area contributed by atoms with Gasteiger partial charge in [-0.25, -0.2) is 0 Å². The van der Waals surface area contributed by atoms with Crippen LogP contribution in [-0.2, 0) is 9.59 Å². The molecule has 0 radical (unpaired) electrons. The van der Waals surface area contributed by atoms with Gasteiger partial charge >= 0.3 is 0 Å². The fourth-order valence-corrected chi connectivity index (χ4v) is 3.31. The number of likely N-dealkylation sites (tertiary alicyclic amines) is 1. The highest BCUT2D eigenvalue weighted by atomic mass is 16.2. The molecule has 0 spiro atoms. The number of carbonyl (C=O) groups excluding carboxylic acids is 3. The topological polar surface area (TPSA) is 78.5 Å². The average molecular weight is 359 g/mol. The quantitative estimate of drug-likeness (QED) is 0.814. The van der Waals surface area contributed by atoms with Crippen LogP contribution in [0.2, 0.25) is 0 Å². The summed E-state index contributed by atoms with van der Waals surface area (Å²) in [6, 6.07) is 6.75. The lowest BCUT2D eigenvalue weighted by atomic mass is 9.88. The van der Waals surface area contributed by atoms with Gasteiger partial charge in [0, 0.05) is 32.1 Å². The summed E-state index contributed by atoms with van der Waals surface area (Å²) < 4.78 is 0. The van der Waals surface area contributed by atoms with Gasteiger partial charge in [0.2, 0.25) is 11.8 Å². The first-order valence-electron chi connectivity index (χ1n) is 9.33. The van der Waals surface area contributed by atoms with Crippen LogP contribution in [0.1, 0.15) is 49.0 Å². The van der Waals surface area contributed by atoms with Crippen LogP contribution >= 0.6 is 0 Å². The summed E-state index contributed by atoms with van der Waals surface area (Å²) >= 11 is 0. The van der Waals surface area contributed by atoms with E-state index in [0.717, 1.165) is 12.0 Å². The second-order valence-corrected chi connectivity index (χ2v) is 6.96. The summed E-state index contributed by atoms with van der Waals surface area (Å²) in [6.07, 6.45) is 2.25. The molecule has 0 aromatic heterocycles. The molecule has 1 aliphatic rings. The first-order valence-corrected chi connectivity index (χ1v) is 9.33. The number of carbonyl (C=O) groups is 3. The van der Waals surface area contributed by atoms with Crippen molar-refractivity contribution in [3.05, 3.63) is 35.4 Å². The van der Waals surface area contributed by atoms with E-state index in [2.05, 4.69) is 10.6 Å². The van der Waals surface area contributed by atoms with Crippen LogP contribution in [0.3, 0.4) is 0 Å². The molecule has 1 aromatic rings. The number of hydrogen-bond donors (Lipinski definition) is 2. The lowest BCUT2D eigenvalue weighted by molar-refractivity contribution is -0.130. The Labute approximate surface area is 155 Å². The molecule has 6 heteroatoms. The second-order valence-electron chi connectivity index (χ2n) is 6.96. The van der Waals surface area contributed by atoms with E-state index in [-0.39, 0.29) is 23.6 Å². The SMILES string of the molecule is CCCNC(=O)[C@H](NC(=O)c1cccc(C)c1)C1CCN(C(C)=O)CC1. The minimum Gasteiger partial charge on any atom is -0.354 e. The van der Waals surface area contributed by atoms with Crippen LogP contribution < -0.4 is 10.6 Å². The number of rotatable bonds is 6. The molecular weight excluding hydrogens is 330 g/mol. The van der Waals surface area contributed by atoms with Crippen molar-refractivity contribution in [3.8, 4) is 0 Å². The van der Waals surface area contributed by atoms with Gasteiger partial charge in [0.15, 0.2) is 0 Å². The largest absolute Gasteiger partial charge is 0.354 e. The summed E-state index contributed by atoms with van der Waals surface area (Å²) in [5.41, 5.74) is 1.55. The molecule has 0 aliphatic carbocycles. The fourth-order valence-electron chi connectivity index (χ4n) is 3.31. The van der Waals surface area contributed by atoms with Crippen LogP contribution in [0.25, 0.3) is 0 Å². The van der Waals surface area contributed by atoms with E-state index < -0.39 is 6.04 Å². The maximum absolute atomic E-state index is 12.6. The minimum absolute atomic E-state index is 0.0243. The molecule has 0 bridgehead atoms. The van der Waals surface area contributed by atoms with Gasteiger partial charge in [0.1, 0.15) is 6.04 Å². The molecule has 0 unspecified atom stereocenters.